The fraction of sp³-hybridized carbons (Fsp3) is 0.500. The molecule has 3 aliphatic rings. The molecule has 170 valence electrons. The maximum absolute atomic E-state index is 12.3. The average Bonchev–Trinajstić information content (AvgIpc) is 2.84. The third kappa shape index (κ3) is 4.21. The zero-order valence-corrected chi connectivity index (χ0v) is 19.1. The molecule has 1 amide bonds. The Labute approximate surface area is 190 Å². The smallest absolute Gasteiger partial charge is 0.248 e. The van der Waals surface area contributed by atoms with Crippen LogP contribution in [-0.4, -0.2) is 70.3 Å². The summed E-state index contributed by atoms with van der Waals surface area (Å²) in [5.41, 5.74) is 13.1. The average molecular weight is 435 g/mol. The van der Waals surface area contributed by atoms with Gasteiger partial charge in [0.1, 0.15) is 0 Å². The highest BCUT2D eigenvalue weighted by Gasteiger charge is 2.28. The Bertz CT molecular complexity index is 978. The molecule has 6 nitrogen and oxygen atoms in total. The van der Waals surface area contributed by atoms with Gasteiger partial charge in [0.05, 0.1) is 13.2 Å². The Morgan fingerprint density at radius 3 is 2.53 bits per heavy atom. The Balaban J connectivity index is 1.46. The fourth-order valence-electron chi connectivity index (χ4n) is 5.51. The predicted octanol–water partition coefficient (Wildman–Crippen LogP) is 2.65. The lowest BCUT2D eigenvalue weighted by Crippen LogP contribution is -2.45. The lowest BCUT2D eigenvalue weighted by atomic mass is 9.77. The largest absolute Gasteiger partial charge is 0.378 e. The number of primary amides is 1. The quantitative estimate of drug-likeness (QED) is 0.802. The minimum Gasteiger partial charge on any atom is -0.378 e. The van der Waals surface area contributed by atoms with E-state index in [2.05, 4.69) is 46.0 Å². The molecule has 0 spiro atoms. The molecule has 5 rings (SSSR count). The number of carbonyl (C=O) groups excluding carboxylic acids is 1. The summed E-state index contributed by atoms with van der Waals surface area (Å²) in [5.74, 6) is -0.0220. The van der Waals surface area contributed by atoms with Gasteiger partial charge in [0.15, 0.2) is 0 Å². The fourth-order valence-corrected chi connectivity index (χ4v) is 5.51. The summed E-state index contributed by atoms with van der Waals surface area (Å²) in [6.07, 6.45) is 3.05. The number of ether oxygens (including phenoxy) is 1. The highest BCUT2D eigenvalue weighted by atomic mass is 16.5. The predicted molar refractivity (Wildman–Crippen MR) is 129 cm³/mol. The van der Waals surface area contributed by atoms with E-state index < -0.39 is 0 Å². The van der Waals surface area contributed by atoms with E-state index in [1.54, 1.807) is 0 Å². The van der Waals surface area contributed by atoms with Crippen molar-refractivity contribution in [3.05, 3.63) is 58.7 Å². The number of anilines is 2. The first-order chi connectivity index (χ1) is 15.6. The maximum atomic E-state index is 12.3. The molecule has 2 heterocycles. The number of nitrogens with zero attached hydrogens (tertiary/aromatic N) is 3. The number of morpholine rings is 1. The number of hydrogen-bond donors (Lipinski definition) is 1. The topological polar surface area (TPSA) is 62.0 Å². The van der Waals surface area contributed by atoms with Crippen LogP contribution in [0, 0.1) is 0 Å². The molecule has 0 bridgehead atoms. The van der Waals surface area contributed by atoms with Crippen molar-refractivity contribution < 1.29 is 9.53 Å². The number of aryl methyl sites for hydroxylation is 1. The molecule has 1 unspecified atom stereocenters. The van der Waals surface area contributed by atoms with Gasteiger partial charge in [-0.2, -0.15) is 0 Å². The van der Waals surface area contributed by atoms with Crippen LogP contribution in [-0.2, 0) is 17.6 Å². The number of piperazine rings is 1. The van der Waals surface area contributed by atoms with Gasteiger partial charge in [-0.1, -0.05) is 12.1 Å². The summed E-state index contributed by atoms with van der Waals surface area (Å²) in [6, 6.07) is 13.0. The molecule has 2 aromatic carbocycles. The summed E-state index contributed by atoms with van der Waals surface area (Å²) < 4.78 is 5.52. The van der Waals surface area contributed by atoms with Crippen molar-refractivity contribution in [2.24, 2.45) is 5.73 Å². The van der Waals surface area contributed by atoms with Crippen molar-refractivity contribution >= 4 is 17.3 Å². The number of likely N-dealkylation sites (N-methyl/N-ethyl adjacent to an activating group) is 1. The molecular weight excluding hydrogens is 400 g/mol. The number of rotatable bonds is 4. The van der Waals surface area contributed by atoms with Crippen LogP contribution in [0.5, 0.6) is 0 Å². The zero-order chi connectivity index (χ0) is 22.1. The SMILES string of the molecule is CN1CCN(c2cccc3c2CC(c2cc(N4CCOCC4)ccc2C(N)=O)CC3)CC1. The molecule has 2 fully saturated rings. The molecule has 2 aliphatic heterocycles. The molecule has 1 atom stereocenters. The van der Waals surface area contributed by atoms with Crippen LogP contribution >= 0.6 is 0 Å². The number of carbonyl (C=O) groups is 1. The van der Waals surface area contributed by atoms with Crippen molar-refractivity contribution in [2.45, 2.75) is 25.2 Å². The normalized spacial score (nSPS) is 22.0. The van der Waals surface area contributed by atoms with Crippen molar-refractivity contribution in [1.82, 2.24) is 4.90 Å². The van der Waals surface area contributed by atoms with E-state index in [9.17, 15) is 4.79 Å². The molecule has 0 saturated carbocycles. The molecule has 6 heteroatoms. The van der Waals surface area contributed by atoms with E-state index in [0.717, 1.165) is 77.3 Å². The van der Waals surface area contributed by atoms with Crippen LogP contribution in [0.25, 0.3) is 0 Å². The van der Waals surface area contributed by atoms with Gasteiger partial charge in [-0.3, -0.25) is 4.79 Å². The van der Waals surface area contributed by atoms with Crippen LogP contribution in [0.2, 0.25) is 0 Å². The Morgan fingerprint density at radius 2 is 1.78 bits per heavy atom. The lowest BCUT2D eigenvalue weighted by Gasteiger charge is -2.37. The molecular formula is C26H34N4O2. The molecule has 32 heavy (non-hydrogen) atoms. The number of fused-ring (bicyclic) bond motifs is 1. The first-order valence-corrected chi connectivity index (χ1v) is 11.9. The number of amides is 1. The van der Waals surface area contributed by atoms with Crippen molar-refractivity contribution in [1.29, 1.82) is 0 Å². The van der Waals surface area contributed by atoms with E-state index in [1.165, 1.54) is 22.5 Å². The highest BCUT2D eigenvalue weighted by Crippen LogP contribution is 2.40. The van der Waals surface area contributed by atoms with E-state index in [1.807, 2.05) is 12.1 Å². The van der Waals surface area contributed by atoms with Crippen LogP contribution in [0.1, 0.15) is 39.4 Å². The Hall–Kier alpha value is -2.57. The monoisotopic (exact) mass is 434 g/mol. The highest BCUT2D eigenvalue weighted by molar-refractivity contribution is 5.95. The van der Waals surface area contributed by atoms with Gasteiger partial charge in [0.2, 0.25) is 5.91 Å². The van der Waals surface area contributed by atoms with Gasteiger partial charge in [0.25, 0.3) is 0 Å². The first kappa shape index (κ1) is 21.3. The van der Waals surface area contributed by atoms with Gasteiger partial charge in [-0.15, -0.1) is 0 Å². The van der Waals surface area contributed by atoms with Crippen molar-refractivity contribution in [2.75, 3.05) is 69.3 Å². The summed E-state index contributed by atoms with van der Waals surface area (Å²) in [5, 5.41) is 0. The van der Waals surface area contributed by atoms with Gasteiger partial charge < -0.3 is 25.2 Å². The number of nitrogens with two attached hydrogens (primary N) is 1. The van der Waals surface area contributed by atoms with Gasteiger partial charge in [-0.25, -0.2) is 0 Å². The molecule has 2 saturated heterocycles. The lowest BCUT2D eigenvalue weighted by molar-refractivity contribution is 0.0998. The first-order valence-electron chi connectivity index (χ1n) is 11.9. The molecule has 0 radical (unpaired) electrons. The van der Waals surface area contributed by atoms with Crippen LogP contribution in [0.4, 0.5) is 11.4 Å². The summed E-state index contributed by atoms with van der Waals surface area (Å²) in [7, 11) is 2.20. The number of benzene rings is 2. The maximum Gasteiger partial charge on any atom is 0.248 e. The van der Waals surface area contributed by atoms with Gasteiger partial charge in [0, 0.05) is 56.2 Å². The summed E-state index contributed by atoms with van der Waals surface area (Å²) in [6.45, 7) is 7.59. The van der Waals surface area contributed by atoms with Crippen molar-refractivity contribution in [3.63, 3.8) is 0 Å². The van der Waals surface area contributed by atoms with Crippen molar-refractivity contribution in [3.8, 4) is 0 Å². The van der Waals surface area contributed by atoms with Crippen LogP contribution in [0.3, 0.4) is 0 Å². The van der Waals surface area contributed by atoms with E-state index in [-0.39, 0.29) is 5.91 Å². The standard InChI is InChI=1S/C26H34N4O2/c1-28-9-11-30(12-10-28)25-4-2-3-19-5-6-20(17-24(19)25)23-18-21(7-8-22(23)26(27)31)29-13-15-32-16-14-29/h2-4,7-8,18,20H,5-6,9-17H2,1H3,(H2,27,31). The van der Waals surface area contributed by atoms with E-state index in [4.69, 9.17) is 10.5 Å². The summed E-state index contributed by atoms with van der Waals surface area (Å²) in [4.78, 5) is 19.6. The Kier molecular flexibility index (Phi) is 6.07. The molecule has 0 aromatic heterocycles. The third-order valence-corrected chi connectivity index (χ3v) is 7.42. The Morgan fingerprint density at radius 1 is 1.00 bits per heavy atom. The third-order valence-electron chi connectivity index (χ3n) is 7.42. The second-order valence-electron chi connectivity index (χ2n) is 9.38. The second-order valence-corrected chi connectivity index (χ2v) is 9.38. The summed E-state index contributed by atoms with van der Waals surface area (Å²) >= 11 is 0. The number of hydrogen-bond acceptors (Lipinski definition) is 5. The minimum absolute atomic E-state index is 0.305. The van der Waals surface area contributed by atoms with Crippen LogP contribution in [0.15, 0.2) is 36.4 Å². The second kappa shape index (κ2) is 9.12. The van der Waals surface area contributed by atoms with E-state index >= 15 is 0 Å². The van der Waals surface area contributed by atoms with Gasteiger partial charge in [-0.05, 0) is 73.2 Å². The molecule has 2 N–H and O–H groups in total. The van der Waals surface area contributed by atoms with Gasteiger partial charge >= 0.3 is 0 Å². The molecule has 2 aromatic rings. The zero-order valence-electron chi connectivity index (χ0n) is 19.1. The molecule has 1 aliphatic carbocycles. The van der Waals surface area contributed by atoms with Crippen LogP contribution < -0.4 is 15.5 Å². The minimum atomic E-state index is -0.327. The van der Waals surface area contributed by atoms with E-state index in [0.29, 0.717) is 11.5 Å².